The Hall–Kier alpha value is -0.120. The SMILES string of the molecule is CNC[C@@H](N)[C@H](C)N. The Bertz CT molecular complexity index is 53.6. The molecular weight excluding hydrogens is 102 g/mol. The summed E-state index contributed by atoms with van der Waals surface area (Å²) < 4.78 is 0. The second-order valence-electron chi connectivity index (χ2n) is 2.08. The van der Waals surface area contributed by atoms with E-state index in [0.29, 0.717) is 0 Å². The third kappa shape index (κ3) is 2.96. The molecule has 3 heteroatoms. The summed E-state index contributed by atoms with van der Waals surface area (Å²) in [6.07, 6.45) is 0. The molecule has 0 bridgehead atoms. The molecule has 0 aromatic heterocycles. The molecule has 3 nitrogen and oxygen atoms in total. The van der Waals surface area contributed by atoms with E-state index in [1.54, 1.807) is 0 Å². The Kier molecular flexibility index (Phi) is 3.77. The van der Waals surface area contributed by atoms with Crippen LogP contribution in [-0.4, -0.2) is 25.7 Å². The van der Waals surface area contributed by atoms with Crippen LogP contribution >= 0.6 is 0 Å². The van der Waals surface area contributed by atoms with Crippen molar-refractivity contribution in [2.45, 2.75) is 19.0 Å². The van der Waals surface area contributed by atoms with Crippen LogP contribution in [0.2, 0.25) is 0 Å². The van der Waals surface area contributed by atoms with Crippen LogP contribution in [0.4, 0.5) is 0 Å². The van der Waals surface area contributed by atoms with Crippen molar-refractivity contribution >= 4 is 0 Å². The number of nitrogens with one attached hydrogen (secondary N) is 1. The van der Waals surface area contributed by atoms with Gasteiger partial charge in [-0.05, 0) is 14.0 Å². The first kappa shape index (κ1) is 7.88. The third-order valence-electron chi connectivity index (χ3n) is 1.12. The van der Waals surface area contributed by atoms with Crippen LogP contribution in [0.5, 0.6) is 0 Å². The Labute approximate surface area is 50.4 Å². The molecule has 0 aromatic rings. The van der Waals surface area contributed by atoms with Gasteiger partial charge in [0.05, 0.1) is 0 Å². The predicted molar refractivity (Wildman–Crippen MR) is 35.6 cm³/mol. The van der Waals surface area contributed by atoms with E-state index in [-0.39, 0.29) is 12.1 Å². The first-order valence-electron chi connectivity index (χ1n) is 2.84. The lowest BCUT2D eigenvalue weighted by Gasteiger charge is -2.13. The number of rotatable bonds is 3. The summed E-state index contributed by atoms with van der Waals surface area (Å²) in [5, 5.41) is 2.94. The van der Waals surface area contributed by atoms with Crippen molar-refractivity contribution in [3.8, 4) is 0 Å². The number of likely N-dealkylation sites (N-methyl/N-ethyl adjacent to an activating group) is 1. The van der Waals surface area contributed by atoms with Crippen molar-refractivity contribution in [2.24, 2.45) is 11.5 Å². The third-order valence-corrected chi connectivity index (χ3v) is 1.12. The maximum Gasteiger partial charge on any atom is 0.0316 e. The molecular formula is C5H15N3. The summed E-state index contributed by atoms with van der Waals surface area (Å²) in [4.78, 5) is 0. The normalized spacial score (nSPS) is 18.0. The molecule has 0 saturated carbocycles. The van der Waals surface area contributed by atoms with E-state index in [0.717, 1.165) is 6.54 Å². The zero-order valence-electron chi connectivity index (χ0n) is 5.52. The highest BCUT2D eigenvalue weighted by Gasteiger charge is 2.04. The van der Waals surface area contributed by atoms with Crippen molar-refractivity contribution in [1.29, 1.82) is 0 Å². The molecule has 0 aliphatic carbocycles. The van der Waals surface area contributed by atoms with Crippen molar-refractivity contribution in [2.75, 3.05) is 13.6 Å². The first-order chi connectivity index (χ1) is 3.68. The summed E-state index contributed by atoms with van der Waals surface area (Å²) in [6, 6.07) is 0.169. The minimum absolute atomic E-state index is 0.0833. The maximum atomic E-state index is 5.54. The summed E-state index contributed by atoms with van der Waals surface area (Å²) in [5.41, 5.74) is 11.0. The lowest BCUT2D eigenvalue weighted by atomic mass is 10.2. The fraction of sp³-hybridized carbons (Fsp3) is 1.00. The van der Waals surface area contributed by atoms with Gasteiger partial charge in [-0.1, -0.05) is 0 Å². The van der Waals surface area contributed by atoms with Gasteiger partial charge in [-0.25, -0.2) is 0 Å². The zero-order chi connectivity index (χ0) is 6.57. The minimum atomic E-state index is 0.0833. The van der Waals surface area contributed by atoms with Crippen LogP contribution in [0.3, 0.4) is 0 Å². The van der Waals surface area contributed by atoms with Crippen molar-refractivity contribution in [3.05, 3.63) is 0 Å². The fourth-order valence-corrected chi connectivity index (χ4v) is 0.422. The van der Waals surface area contributed by atoms with Crippen molar-refractivity contribution < 1.29 is 0 Å². The summed E-state index contributed by atoms with van der Waals surface area (Å²) in [6.45, 7) is 2.69. The largest absolute Gasteiger partial charge is 0.327 e. The van der Waals surface area contributed by atoms with Crippen LogP contribution in [0.1, 0.15) is 6.92 Å². The minimum Gasteiger partial charge on any atom is -0.327 e. The molecule has 0 unspecified atom stereocenters. The Balaban J connectivity index is 3.17. The van der Waals surface area contributed by atoms with Crippen LogP contribution in [-0.2, 0) is 0 Å². The summed E-state index contributed by atoms with van der Waals surface area (Å²) in [7, 11) is 1.86. The molecule has 0 aromatic carbocycles. The second kappa shape index (κ2) is 3.83. The second-order valence-corrected chi connectivity index (χ2v) is 2.08. The van der Waals surface area contributed by atoms with E-state index in [2.05, 4.69) is 5.32 Å². The molecule has 0 radical (unpaired) electrons. The van der Waals surface area contributed by atoms with Gasteiger partial charge in [0.25, 0.3) is 0 Å². The van der Waals surface area contributed by atoms with E-state index in [1.165, 1.54) is 0 Å². The highest BCUT2D eigenvalue weighted by Crippen LogP contribution is 1.79. The average Bonchev–Trinajstić information content (AvgIpc) is 1.67. The van der Waals surface area contributed by atoms with Gasteiger partial charge in [0, 0.05) is 18.6 Å². The molecule has 0 rings (SSSR count). The molecule has 0 fully saturated rings. The van der Waals surface area contributed by atoms with E-state index in [1.807, 2.05) is 14.0 Å². The fourth-order valence-electron chi connectivity index (χ4n) is 0.422. The molecule has 5 N–H and O–H groups in total. The van der Waals surface area contributed by atoms with Gasteiger partial charge >= 0.3 is 0 Å². The monoisotopic (exact) mass is 117 g/mol. The van der Waals surface area contributed by atoms with Gasteiger partial charge in [-0.3, -0.25) is 0 Å². The molecule has 0 aliphatic heterocycles. The van der Waals surface area contributed by atoms with Crippen LogP contribution < -0.4 is 16.8 Å². The van der Waals surface area contributed by atoms with E-state index < -0.39 is 0 Å². The summed E-state index contributed by atoms with van der Waals surface area (Å²) in [5.74, 6) is 0. The van der Waals surface area contributed by atoms with Gasteiger partial charge < -0.3 is 16.8 Å². The number of hydrogen-bond acceptors (Lipinski definition) is 3. The zero-order valence-corrected chi connectivity index (χ0v) is 5.52. The average molecular weight is 117 g/mol. The van der Waals surface area contributed by atoms with Crippen LogP contribution in [0, 0.1) is 0 Å². The molecule has 0 heterocycles. The number of hydrogen-bond donors (Lipinski definition) is 3. The Morgan fingerprint density at radius 2 is 2.00 bits per heavy atom. The van der Waals surface area contributed by atoms with Crippen LogP contribution in [0.25, 0.3) is 0 Å². The lowest BCUT2D eigenvalue weighted by molar-refractivity contribution is 0.533. The molecule has 0 saturated heterocycles. The molecule has 0 spiro atoms. The van der Waals surface area contributed by atoms with Crippen LogP contribution in [0.15, 0.2) is 0 Å². The Morgan fingerprint density at radius 1 is 1.50 bits per heavy atom. The smallest absolute Gasteiger partial charge is 0.0316 e. The summed E-state index contributed by atoms with van der Waals surface area (Å²) >= 11 is 0. The number of nitrogens with two attached hydrogens (primary N) is 2. The van der Waals surface area contributed by atoms with Gasteiger partial charge in [0.2, 0.25) is 0 Å². The highest BCUT2D eigenvalue weighted by molar-refractivity contribution is 4.72. The van der Waals surface area contributed by atoms with Crippen molar-refractivity contribution in [3.63, 3.8) is 0 Å². The molecule has 0 aliphatic rings. The highest BCUT2D eigenvalue weighted by atomic mass is 14.9. The molecule has 0 amide bonds. The van der Waals surface area contributed by atoms with E-state index in [9.17, 15) is 0 Å². The predicted octanol–water partition coefficient (Wildman–Crippen LogP) is -1.12. The molecule has 8 heavy (non-hydrogen) atoms. The van der Waals surface area contributed by atoms with Crippen molar-refractivity contribution in [1.82, 2.24) is 5.32 Å². The van der Waals surface area contributed by atoms with Gasteiger partial charge in [0.1, 0.15) is 0 Å². The van der Waals surface area contributed by atoms with Gasteiger partial charge in [0.15, 0.2) is 0 Å². The lowest BCUT2D eigenvalue weighted by Crippen LogP contribution is -2.45. The van der Waals surface area contributed by atoms with Gasteiger partial charge in [-0.2, -0.15) is 0 Å². The van der Waals surface area contributed by atoms with Gasteiger partial charge in [-0.15, -0.1) is 0 Å². The van der Waals surface area contributed by atoms with E-state index in [4.69, 9.17) is 11.5 Å². The first-order valence-corrected chi connectivity index (χ1v) is 2.84. The quantitative estimate of drug-likeness (QED) is 0.439. The van der Waals surface area contributed by atoms with E-state index >= 15 is 0 Å². The standard InChI is InChI=1S/C5H15N3/c1-4(6)5(7)3-8-2/h4-5,8H,3,6-7H2,1-2H3/t4-,5+/m0/s1. The maximum absolute atomic E-state index is 5.54. The topological polar surface area (TPSA) is 64.1 Å². The molecule has 50 valence electrons. The molecule has 2 atom stereocenters. The Morgan fingerprint density at radius 3 is 2.12 bits per heavy atom.